The molecule has 1 unspecified atom stereocenters. The van der Waals surface area contributed by atoms with E-state index in [2.05, 4.69) is 18.7 Å². The summed E-state index contributed by atoms with van der Waals surface area (Å²) in [5.74, 6) is 0.738. The van der Waals surface area contributed by atoms with Gasteiger partial charge < -0.3 is 14.7 Å². The van der Waals surface area contributed by atoms with Crippen molar-refractivity contribution in [3.63, 3.8) is 0 Å². The van der Waals surface area contributed by atoms with Crippen LogP contribution in [0.5, 0.6) is 0 Å². The first-order valence-electron chi connectivity index (χ1n) is 8.89. The molecule has 0 aromatic heterocycles. The molecule has 2 aliphatic rings. The number of benzene rings is 1. The van der Waals surface area contributed by atoms with Crippen LogP contribution in [0.15, 0.2) is 30.3 Å². The largest absolute Gasteiger partial charge is 0.328 e. The molecule has 1 aromatic rings. The zero-order valence-electron chi connectivity index (χ0n) is 14.6. The van der Waals surface area contributed by atoms with Crippen molar-refractivity contribution in [3.8, 4) is 0 Å². The first kappa shape index (κ1) is 17.0. The first-order chi connectivity index (χ1) is 11.5. The molecule has 0 radical (unpaired) electrons. The molecule has 130 valence electrons. The summed E-state index contributed by atoms with van der Waals surface area (Å²) in [4.78, 5) is 31.4. The Morgan fingerprint density at radius 2 is 1.88 bits per heavy atom. The van der Waals surface area contributed by atoms with Crippen molar-refractivity contribution in [2.45, 2.75) is 32.9 Å². The molecule has 0 saturated carbocycles. The third-order valence-electron chi connectivity index (χ3n) is 4.76. The summed E-state index contributed by atoms with van der Waals surface area (Å²) >= 11 is 0. The van der Waals surface area contributed by atoms with E-state index in [4.69, 9.17) is 0 Å². The van der Waals surface area contributed by atoms with Gasteiger partial charge in [0.1, 0.15) is 12.6 Å². The average molecular weight is 329 g/mol. The van der Waals surface area contributed by atoms with Crippen molar-refractivity contribution < 1.29 is 9.59 Å². The van der Waals surface area contributed by atoms with Crippen molar-refractivity contribution in [2.75, 3.05) is 32.7 Å². The quantitative estimate of drug-likeness (QED) is 0.842. The van der Waals surface area contributed by atoms with E-state index in [-0.39, 0.29) is 24.4 Å². The van der Waals surface area contributed by atoms with Gasteiger partial charge >= 0.3 is 0 Å². The lowest BCUT2D eigenvalue weighted by Crippen LogP contribution is -2.61. The van der Waals surface area contributed by atoms with Crippen molar-refractivity contribution in [2.24, 2.45) is 5.92 Å². The number of carbonyl (C=O) groups excluding carboxylic acids is 2. The molecule has 5 nitrogen and oxygen atoms in total. The van der Waals surface area contributed by atoms with E-state index in [0.717, 1.165) is 25.1 Å². The van der Waals surface area contributed by atoms with Crippen molar-refractivity contribution in [3.05, 3.63) is 35.9 Å². The summed E-state index contributed by atoms with van der Waals surface area (Å²) in [6, 6.07) is 9.58. The number of piperazine rings is 1. The van der Waals surface area contributed by atoms with Gasteiger partial charge in [0.05, 0.1) is 0 Å². The highest BCUT2D eigenvalue weighted by Gasteiger charge is 2.41. The lowest BCUT2D eigenvalue weighted by atomic mass is 10.1. The average Bonchev–Trinajstić information content (AvgIpc) is 2.76. The number of carbonyl (C=O) groups is 2. The maximum atomic E-state index is 13.0. The summed E-state index contributed by atoms with van der Waals surface area (Å²) in [5, 5.41) is 0. The maximum Gasteiger partial charge on any atom is 0.247 e. The molecule has 2 amide bonds. The van der Waals surface area contributed by atoms with Crippen LogP contribution in [0.25, 0.3) is 0 Å². The Hall–Kier alpha value is -1.88. The van der Waals surface area contributed by atoms with E-state index in [9.17, 15) is 9.59 Å². The van der Waals surface area contributed by atoms with Gasteiger partial charge in [-0.1, -0.05) is 44.2 Å². The topological polar surface area (TPSA) is 43.9 Å². The normalized spacial score (nSPS) is 22.7. The summed E-state index contributed by atoms with van der Waals surface area (Å²) in [6.07, 6.45) is 0.945. The zero-order valence-corrected chi connectivity index (χ0v) is 14.6. The fourth-order valence-corrected chi connectivity index (χ4v) is 3.73. The van der Waals surface area contributed by atoms with Gasteiger partial charge in [0.15, 0.2) is 0 Å². The Bertz CT molecular complexity index is 588. The molecule has 24 heavy (non-hydrogen) atoms. The fraction of sp³-hybridized carbons (Fsp3) is 0.579. The van der Waals surface area contributed by atoms with Gasteiger partial charge in [0.25, 0.3) is 0 Å². The third-order valence-corrected chi connectivity index (χ3v) is 4.76. The lowest BCUT2D eigenvalue weighted by molar-refractivity contribution is -0.156. The van der Waals surface area contributed by atoms with E-state index in [1.165, 1.54) is 0 Å². The van der Waals surface area contributed by atoms with Gasteiger partial charge in [0.2, 0.25) is 11.8 Å². The van der Waals surface area contributed by atoms with E-state index >= 15 is 0 Å². The van der Waals surface area contributed by atoms with Crippen LogP contribution in [-0.4, -0.2) is 65.3 Å². The van der Waals surface area contributed by atoms with E-state index in [1.54, 1.807) is 4.90 Å². The van der Waals surface area contributed by atoms with E-state index in [0.29, 0.717) is 25.6 Å². The lowest BCUT2D eigenvalue weighted by Gasteiger charge is -2.40. The highest BCUT2D eigenvalue weighted by Crippen LogP contribution is 2.20. The summed E-state index contributed by atoms with van der Waals surface area (Å²) in [7, 11) is 0. The van der Waals surface area contributed by atoms with E-state index in [1.807, 2.05) is 35.2 Å². The molecule has 2 heterocycles. The van der Waals surface area contributed by atoms with Crippen LogP contribution in [0.2, 0.25) is 0 Å². The Labute approximate surface area is 144 Å². The summed E-state index contributed by atoms with van der Waals surface area (Å²) in [6.45, 7) is 8.40. The Kier molecular flexibility index (Phi) is 5.19. The molecular weight excluding hydrogens is 302 g/mol. The number of hydrogen-bond acceptors (Lipinski definition) is 3. The predicted octanol–water partition coefficient (Wildman–Crippen LogP) is 1.59. The second-order valence-corrected chi connectivity index (χ2v) is 7.29. The zero-order chi connectivity index (χ0) is 17.1. The van der Waals surface area contributed by atoms with Gasteiger partial charge in [0, 0.05) is 26.2 Å². The molecular formula is C19H27N3O2. The number of rotatable bonds is 4. The van der Waals surface area contributed by atoms with Gasteiger partial charge in [-0.2, -0.15) is 0 Å². The maximum absolute atomic E-state index is 13.0. The second-order valence-electron chi connectivity index (χ2n) is 7.29. The number of nitrogens with zero attached hydrogens (tertiary/aromatic N) is 3. The highest BCUT2D eigenvalue weighted by atomic mass is 16.2. The van der Waals surface area contributed by atoms with Crippen molar-refractivity contribution in [1.29, 1.82) is 0 Å². The molecule has 3 rings (SSSR count). The molecule has 2 fully saturated rings. The minimum absolute atomic E-state index is 0.0851. The Balaban J connectivity index is 1.75. The number of amides is 2. The van der Waals surface area contributed by atoms with Crippen LogP contribution in [0.4, 0.5) is 0 Å². The van der Waals surface area contributed by atoms with Gasteiger partial charge in [-0.05, 0) is 24.4 Å². The molecule has 2 aliphatic heterocycles. The van der Waals surface area contributed by atoms with Gasteiger partial charge in [-0.25, -0.2) is 0 Å². The fourth-order valence-electron chi connectivity index (χ4n) is 3.73. The van der Waals surface area contributed by atoms with Crippen LogP contribution >= 0.6 is 0 Å². The predicted molar refractivity (Wildman–Crippen MR) is 93.3 cm³/mol. The minimum Gasteiger partial charge on any atom is -0.328 e. The van der Waals surface area contributed by atoms with Crippen LogP contribution in [0.1, 0.15) is 25.8 Å². The number of fused-ring (bicyclic) bond motifs is 1. The van der Waals surface area contributed by atoms with E-state index < -0.39 is 0 Å². The Morgan fingerprint density at radius 1 is 1.12 bits per heavy atom. The standard InChI is InChI=1S/C19H27N3O2/c1-15(2)11-20-9-6-10-22-17(13-20)19(24)21(14-18(22)23)12-16-7-4-3-5-8-16/h3-5,7-8,15,17H,6,9-14H2,1-2H3. The molecule has 5 heteroatoms. The van der Waals surface area contributed by atoms with Gasteiger partial charge in [-0.15, -0.1) is 0 Å². The highest BCUT2D eigenvalue weighted by molar-refractivity contribution is 5.95. The van der Waals surface area contributed by atoms with Crippen LogP contribution in [0.3, 0.4) is 0 Å². The minimum atomic E-state index is -0.323. The van der Waals surface area contributed by atoms with Crippen molar-refractivity contribution in [1.82, 2.24) is 14.7 Å². The molecule has 1 aromatic carbocycles. The third kappa shape index (κ3) is 3.78. The SMILES string of the molecule is CC(C)CN1CCCN2C(=O)CN(Cc3ccccc3)C(=O)C2C1. The smallest absolute Gasteiger partial charge is 0.247 e. The molecule has 0 N–H and O–H groups in total. The molecule has 0 bridgehead atoms. The molecule has 2 saturated heterocycles. The monoisotopic (exact) mass is 329 g/mol. The molecule has 0 spiro atoms. The molecule has 1 atom stereocenters. The summed E-state index contributed by atoms with van der Waals surface area (Å²) in [5.41, 5.74) is 1.07. The van der Waals surface area contributed by atoms with Crippen LogP contribution in [0, 0.1) is 5.92 Å². The van der Waals surface area contributed by atoms with Crippen LogP contribution < -0.4 is 0 Å². The number of hydrogen-bond donors (Lipinski definition) is 0. The summed E-state index contributed by atoms with van der Waals surface area (Å²) < 4.78 is 0. The van der Waals surface area contributed by atoms with Crippen molar-refractivity contribution >= 4 is 11.8 Å². The van der Waals surface area contributed by atoms with Crippen LogP contribution in [-0.2, 0) is 16.1 Å². The first-order valence-corrected chi connectivity index (χ1v) is 8.89. The Morgan fingerprint density at radius 3 is 2.58 bits per heavy atom. The molecule has 0 aliphatic carbocycles. The van der Waals surface area contributed by atoms with Gasteiger partial charge in [-0.3, -0.25) is 9.59 Å². The second kappa shape index (κ2) is 7.34.